The van der Waals surface area contributed by atoms with Crippen molar-refractivity contribution in [2.45, 2.75) is 53.9 Å². The summed E-state index contributed by atoms with van der Waals surface area (Å²) >= 11 is 0. The zero-order valence-electron chi connectivity index (χ0n) is 10.0. The Balaban J connectivity index is 4.02. The fraction of sp³-hybridized carbons (Fsp3) is 0.846. The molecule has 78 valence electrons. The Kier molecular flexibility index (Phi) is 7.03. The molecule has 0 spiro atoms. The van der Waals surface area contributed by atoms with E-state index in [2.05, 4.69) is 46.8 Å². The number of hydrogen-bond donors (Lipinski definition) is 0. The number of allylic oxidation sites excluding steroid dienone is 2. The van der Waals surface area contributed by atoms with Gasteiger partial charge in [-0.2, -0.15) is 0 Å². The molecule has 0 fully saturated rings. The van der Waals surface area contributed by atoms with Crippen LogP contribution >= 0.6 is 0 Å². The third kappa shape index (κ3) is 5.90. The molecule has 0 N–H and O–H groups in total. The van der Waals surface area contributed by atoms with E-state index in [1.165, 1.54) is 19.3 Å². The van der Waals surface area contributed by atoms with Gasteiger partial charge in [0.2, 0.25) is 0 Å². The molecule has 0 aliphatic rings. The normalized spacial score (nSPS) is 16.8. The molecule has 0 aromatic heterocycles. The Bertz CT molecular complexity index is 133. The first-order valence-corrected chi connectivity index (χ1v) is 5.74. The van der Waals surface area contributed by atoms with Crippen LogP contribution in [-0.2, 0) is 0 Å². The molecule has 0 aliphatic heterocycles. The number of hydrogen-bond acceptors (Lipinski definition) is 0. The van der Waals surface area contributed by atoms with Gasteiger partial charge in [-0.05, 0) is 37.5 Å². The second kappa shape index (κ2) is 7.17. The van der Waals surface area contributed by atoms with Gasteiger partial charge < -0.3 is 0 Å². The second-order valence-electron chi connectivity index (χ2n) is 4.59. The average Bonchev–Trinajstić information content (AvgIpc) is 2.02. The van der Waals surface area contributed by atoms with Gasteiger partial charge in [-0.1, -0.05) is 46.3 Å². The van der Waals surface area contributed by atoms with Gasteiger partial charge in [-0.25, -0.2) is 0 Å². The summed E-state index contributed by atoms with van der Waals surface area (Å²) < 4.78 is 0. The van der Waals surface area contributed by atoms with E-state index in [0.29, 0.717) is 0 Å². The smallest absolute Gasteiger partial charge is 0.0208 e. The maximum Gasteiger partial charge on any atom is -0.0208 e. The Morgan fingerprint density at radius 1 is 1.15 bits per heavy atom. The summed E-state index contributed by atoms with van der Waals surface area (Å²) in [5.74, 6) is 2.48. The lowest BCUT2D eigenvalue weighted by atomic mass is 9.84. The van der Waals surface area contributed by atoms with Crippen LogP contribution in [-0.4, -0.2) is 0 Å². The van der Waals surface area contributed by atoms with Crippen molar-refractivity contribution in [2.24, 2.45) is 17.8 Å². The first kappa shape index (κ1) is 12.7. The monoisotopic (exact) mass is 182 g/mol. The molecule has 0 amide bonds. The summed E-state index contributed by atoms with van der Waals surface area (Å²) in [6.07, 6.45) is 8.60. The predicted molar refractivity (Wildman–Crippen MR) is 61.8 cm³/mol. The highest BCUT2D eigenvalue weighted by Crippen LogP contribution is 2.25. The van der Waals surface area contributed by atoms with Gasteiger partial charge >= 0.3 is 0 Å². The van der Waals surface area contributed by atoms with Crippen LogP contribution in [0.2, 0.25) is 0 Å². The minimum atomic E-state index is 0.803. The van der Waals surface area contributed by atoms with Crippen molar-refractivity contribution in [2.75, 3.05) is 0 Å². The van der Waals surface area contributed by atoms with Crippen LogP contribution in [0.5, 0.6) is 0 Å². The van der Waals surface area contributed by atoms with Gasteiger partial charge in [-0.15, -0.1) is 0 Å². The van der Waals surface area contributed by atoms with Crippen molar-refractivity contribution in [1.82, 2.24) is 0 Å². The molecular weight excluding hydrogens is 156 g/mol. The zero-order chi connectivity index (χ0) is 10.3. The SMILES string of the molecule is CC=CC(CCC)C(C)CC(C)C. The van der Waals surface area contributed by atoms with E-state index in [1.807, 2.05) is 0 Å². The molecule has 13 heavy (non-hydrogen) atoms. The van der Waals surface area contributed by atoms with Crippen molar-refractivity contribution in [3.05, 3.63) is 12.2 Å². The van der Waals surface area contributed by atoms with Crippen molar-refractivity contribution < 1.29 is 0 Å². The van der Waals surface area contributed by atoms with Crippen molar-refractivity contribution in [3.8, 4) is 0 Å². The van der Waals surface area contributed by atoms with Crippen LogP contribution in [0.25, 0.3) is 0 Å². The minimum absolute atomic E-state index is 0.803. The molecule has 0 heteroatoms. The fourth-order valence-electron chi connectivity index (χ4n) is 2.07. The summed E-state index contributed by atoms with van der Waals surface area (Å²) in [6.45, 7) is 11.4. The van der Waals surface area contributed by atoms with E-state index in [0.717, 1.165) is 17.8 Å². The molecule has 0 radical (unpaired) electrons. The van der Waals surface area contributed by atoms with E-state index in [9.17, 15) is 0 Å². The molecule has 0 rings (SSSR count). The van der Waals surface area contributed by atoms with E-state index < -0.39 is 0 Å². The van der Waals surface area contributed by atoms with E-state index >= 15 is 0 Å². The van der Waals surface area contributed by atoms with E-state index in [4.69, 9.17) is 0 Å². The summed E-state index contributed by atoms with van der Waals surface area (Å²) in [6, 6.07) is 0. The Labute approximate surface area is 84.4 Å². The quantitative estimate of drug-likeness (QED) is 0.524. The van der Waals surface area contributed by atoms with Gasteiger partial charge in [-0.3, -0.25) is 0 Å². The molecule has 0 heterocycles. The standard InChI is InChI=1S/C13H26/c1-6-8-13(9-7-2)12(5)10-11(3)4/h6,8,11-13H,7,9-10H2,1-5H3. The van der Waals surface area contributed by atoms with Crippen LogP contribution in [0.3, 0.4) is 0 Å². The molecule has 0 saturated heterocycles. The zero-order valence-corrected chi connectivity index (χ0v) is 10.0. The maximum atomic E-state index is 2.39. The van der Waals surface area contributed by atoms with Crippen LogP contribution in [0.4, 0.5) is 0 Å². The number of rotatable bonds is 6. The summed E-state index contributed by atoms with van der Waals surface area (Å²) in [5, 5.41) is 0. The lowest BCUT2D eigenvalue weighted by Gasteiger charge is -2.22. The van der Waals surface area contributed by atoms with Crippen LogP contribution in [0, 0.1) is 17.8 Å². The van der Waals surface area contributed by atoms with Crippen molar-refractivity contribution in [1.29, 1.82) is 0 Å². The molecule has 0 bridgehead atoms. The van der Waals surface area contributed by atoms with Gasteiger partial charge in [0.1, 0.15) is 0 Å². The largest absolute Gasteiger partial charge is 0.0914 e. The first-order valence-electron chi connectivity index (χ1n) is 5.74. The molecule has 2 unspecified atom stereocenters. The highest BCUT2D eigenvalue weighted by molar-refractivity contribution is 4.88. The van der Waals surface area contributed by atoms with Gasteiger partial charge in [0.15, 0.2) is 0 Å². The highest BCUT2D eigenvalue weighted by atomic mass is 14.2. The topological polar surface area (TPSA) is 0 Å². The molecule has 0 nitrogen and oxygen atoms in total. The lowest BCUT2D eigenvalue weighted by molar-refractivity contribution is 0.335. The van der Waals surface area contributed by atoms with Crippen LogP contribution in [0.1, 0.15) is 53.9 Å². The van der Waals surface area contributed by atoms with E-state index in [-0.39, 0.29) is 0 Å². The Hall–Kier alpha value is -0.260. The lowest BCUT2D eigenvalue weighted by Crippen LogP contribution is -2.11. The Morgan fingerprint density at radius 2 is 1.77 bits per heavy atom. The maximum absolute atomic E-state index is 2.39. The molecule has 0 aromatic rings. The molecule has 0 aromatic carbocycles. The van der Waals surface area contributed by atoms with Gasteiger partial charge in [0.25, 0.3) is 0 Å². The van der Waals surface area contributed by atoms with Crippen LogP contribution in [0.15, 0.2) is 12.2 Å². The average molecular weight is 182 g/mol. The summed E-state index contributed by atoms with van der Waals surface area (Å²) in [4.78, 5) is 0. The first-order chi connectivity index (χ1) is 6.11. The van der Waals surface area contributed by atoms with Crippen molar-refractivity contribution >= 4 is 0 Å². The molecule has 2 atom stereocenters. The minimum Gasteiger partial charge on any atom is -0.0914 e. The molecule has 0 saturated carbocycles. The van der Waals surface area contributed by atoms with Gasteiger partial charge in [0, 0.05) is 0 Å². The molecular formula is C13H26. The van der Waals surface area contributed by atoms with Crippen LogP contribution < -0.4 is 0 Å². The predicted octanol–water partition coefficient (Wildman–Crippen LogP) is 4.66. The third-order valence-corrected chi connectivity index (χ3v) is 2.64. The van der Waals surface area contributed by atoms with E-state index in [1.54, 1.807) is 0 Å². The molecule has 0 aliphatic carbocycles. The fourth-order valence-corrected chi connectivity index (χ4v) is 2.07. The van der Waals surface area contributed by atoms with Crippen molar-refractivity contribution in [3.63, 3.8) is 0 Å². The third-order valence-electron chi connectivity index (χ3n) is 2.64. The van der Waals surface area contributed by atoms with Gasteiger partial charge in [0.05, 0.1) is 0 Å². The highest BCUT2D eigenvalue weighted by Gasteiger charge is 2.14. The Morgan fingerprint density at radius 3 is 2.15 bits per heavy atom. The summed E-state index contributed by atoms with van der Waals surface area (Å²) in [7, 11) is 0. The summed E-state index contributed by atoms with van der Waals surface area (Å²) in [5.41, 5.74) is 0. The second-order valence-corrected chi connectivity index (χ2v) is 4.59.